The van der Waals surface area contributed by atoms with Crippen LogP contribution in [-0.2, 0) is 10.8 Å². The third-order valence-electron chi connectivity index (χ3n) is 5.96. The van der Waals surface area contributed by atoms with Crippen LogP contribution < -0.4 is 5.73 Å². The van der Waals surface area contributed by atoms with E-state index in [1.165, 1.54) is 11.1 Å². The van der Waals surface area contributed by atoms with Gasteiger partial charge in [0.25, 0.3) is 0 Å². The van der Waals surface area contributed by atoms with E-state index < -0.39 is 0 Å². The Hall–Kier alpha value is -2.94. The number of hydrogen-bond donors (Lipinski definition) is 1. The maximum atomic E-state index is 6.74. The molecule has 0 unspecified atom stereocenters. The molecule has 33 heavy (non-hydrogen) atoms. The lowest BCUT2D eigenvalue weighted by Crippen LogP contribution is -2.10. The first kappa shape index (κ1) is 24.7. The number of hydrogen-bond acceptors (Lipinski definition) is 3. The van der Waals surface area contributed by atoms with Gasteiger partial charge in [-0.1, -0.05) is 116 Å². The molecule has 0 aliphatic heterocycles. The molecule has 3 heteroatoms. The van der Waals surface area contributed by atoms with E-state index >= 15 is 0 Å². The van der Waals surface area contributed by atoms with Gasteiger partial charge < -0.3 is 5.73 Å². The minimum Gasteiger partial charge on any atom is -0.396 e. The van der Waals surface area contributed by atoms with Gasteiger partial charge in [-0.2, -0.15) is 10.2 Å². The smallest absolute Gasteiger partial charge is 0.117 e. The van der Waals surface area contributed by atoms with Crippen molar-refractivity contribution in [2.45, 2.75) is 66.2 Å². The van der Waals surface area contributed by atoms with Crippen LogP contribution in [0, 0.1) is 5.92 Å². The SMILES string of the molecule is CC(C)CN=Nc1c(-c2ccc(C(C)(C)C)cc2)ccc(-c2ccc(C(C)(C)C)cc2)c1N. The summed E-state index contributed by atoms with van der Waals surface area (Å²) in [6, 6.07) is 21.6. The van der Waals surface area contributed by atoms with E-state index in [4.69, 9.17) is 5.73 Å². The molecule has 2 N–H and O–H groups in total. The van der Waals surface area contributed by atoms with Crippen molar-refractivity contribution in [2.75, 3.05) is 12.3 Å². The fourth-order valence-electron chi connectivity index (χ4n) is 3.77. The molecule has 3 aromatic carbocycles. The molecule has 0 aromatic heterocycles. The average molecular weight is 442 g/mol. The van der Waals surface area contributed by atoms with Crippen LogP contribution in [-0.4, -0.2) is 6.54 Å². The number of benzene rings is 3. The van der Waals surface area contributed by atoms with Crippen LogP contribution >= 0.6 is 0 Å². The number of anilines is 1. The van der Waals surface area contributed by atoms with Crippen molar-refractivity contribution in [3.05, 3.63) is 71.8 Å². The third kappa shape index (κ3) is 5.90. The number of azo groups is 1. The molecule has 0 spiro atoms. The number of nitrogens with zero attached hydrogens (tertiary/aromatic N) is 2. The van der Waals surface area contributed by atoms with Crippen molar-refractivity contribution < 1.29 is 0 Å². The summed E-state index contributed by atoms with van der Waals surface area (Å²) in [5.41, 5.74) is 15.2. The number of nitrogens with two attached hydrogens (primary N) is 1. The van der Waals surface area contributed by atoms with Gasteiger partial charge in [0.05, 0.1) is 12.2 Å². The van der Waals surface area contributed by atoms with Crippen LogP contribution in [0.25, 0.3) is 22.3 Å². The predicted molar refractivity (Wildman–Crippen MR) is 143 cm³/mol. The molecule has 0 aliphatic carbocycles. The second kappa shape index (κ2) is 9.51. The molecule has 0 radical (unpaired) electrons. The summed E-state index contributed by atoms with van der Waals surface area (Å²) in [6.45, 7) is 18.3. The topological polar surface area (TPSA) is 50.7 Å². The van der Waals surface area contributed by atoms with Crippen LogP contribution in [0.2, 0.25) is 0 Å². The van der Waals surface area contributed by atoms with E-state index in [0.717, 1.165) is 27.9 Å². The minimum absolute atomic E-state index is 0.112. The summed E-state index contributed by atoms with van der Waals surface area (Å²) in [7, 11) is 0. The maximum absolute atomic E-state index is 6.74. The van der Waals surface area contributed by atoms with E-state index in [-0.39, 0.29) is 10.8 Å². The first-order chi connectivity index (χ1) is 15.4. The van der Waals surface area contributed by atoms with E-state index in [1.807, 2.05) is 0 Å². The van der Waals surface area contributed by atoms with Gasteiger partial charge in [0.2, 0.25) is 0 Å². The second-order valence-electron chi connectivity index (χ2n) is 11.4. The Bertz CT molecular complexity index is 1110. The van der Waals surface area contributed by atoms with Crippen LogP contribution in [0.3, 0.4) is 0 Å². The Morgan fingerprint density at radius 1 is 0.667 bits per heavy atom. The lowest BCUT2D eigenvalue weighted by Gasteiger charge is -2.20. The van der Waals surface area contributed by atoms with Gasteiger partial charge in [0.15, 0.2) is 0 Å². The van der Waals surface area contributed by atoms with E-state index in [2.05, 4.69) is 126 Å². The summed E-state index contributed by atoms with van der Waals surface area (Å²) >= 11 is 0. The molecule has 3 nitrogen and oxygen atoms in total. The summed E-state index contributed by atoms with van der Waals surface area (Å²) in [5, 5.41) is 9.11. The van der Waals surface area contributed by atoms with Gasteiger partial charge in [-0.15, -0.1) is 0 Å². The Kier molecular flexibility index (Phi) is 7.11. The van der Waals surface area contributed by atoms with Gasteiger partial charge in [0.1, 0.15) is 5.69 Å². The summed E-state index contributed by atoms with van der Waals surface area (Å²) < 4.78 is 0. The van der Waals surface area contributed by atoms with Gasteiger partial charge in [-0.05, 0) is 39.0 Å². The van der Waals surface area contributed by atoms with Crippen molar-refractivity contribution in [3.63, 3.8) is 0 Å². The highest BCUT2D eigenvalue weighted by atomic mass is 15.1. The molecule has 0 bridgehead atoms. The molecule has 0 fully saturated rings. The van der Waals surface area contributed by atoms with Crippen molar-refractivity contribution in [1.29, 1.82) is 0 Å². The molecule has 0 saturated carbocycles. The molecule has 174 valence electrons. The largest absolute Gasteiger partial charge is 0.396 e. The number of nitrogen functional groups attached to an aromatic ring is 1. The van der Waals surface area contributed by atoms with Crippen molar-refractivity contribution in [1.82, 2.24) is 0 Å². The fraction of sp³-hybridized carbons (Fsp3) is 0.400. The first-order valence-corrected chi connectivity index (χ1v) is 11.9. The van der Waals surface area contributed by atoms with Crippen molar-refractivity contribution >= 4 is 11.4 Å². The van der Waals surface area contributed by atoms with Crippen LogP contribution in [0.15, 0.2) is 70.9 Å². The zero-order chi connectivity index (χ0) is 24.4. The van der Waals surface area contributed by atoms with Crippen LogP contribution in [0.4, 0.5) is 11.4 Å². The summed E-state index contributed by atoms with van der Waals surface area (Å²) in [5.74, 6) is 0.442. The normalized spacial score (nSPS) is 12.6. The van der Waals surface area contributed by atoms with Gasteiger partial charge in [0, 0.05) is 11.1 Å². The number of rotatable bonds is 5. The highest BCUT2D eigenvalue weighted by Crippen LogP contribution is 2.42. The molecule has 0 heterocycles. The molecular weight excluding hydrogens is 402 g/mol. The Morgan fingerprint density at radius 2 is 1.09 bits per heavy atom. The Labute approximate surface area is 200 Å². The quantitative estimate of drug-likeness (QED) is 0.312. The molecule has 0 saturated heterocycles. The van der Waals surface area contributed by atoms with E-state index in [0.29, 0.717) is 18.2 Å². The molecule has 3 aromatic rings. The molecule has 3 rings (SSSR count). The van der Waals surface area contributed by atoms with Crippen LogP contribution in [0.1, 0.15) is 66.5 Å². The van der Waals surface area contributed by atoms with E-state index in [1.54, 1.807) is 0 Å². The minimum atomic E-state index is 0.112. The second-order valence-corrected chi connectivity index (χ2v) is 11.4. The zero-order valence-corrected chi connectivity index (χ0v) is 21.5. The summed E-state index contributed by atoms with van der Waals surface area (Å²) in [4.78, 5) is 0. The monoisotopic (exact) mass is 441 g/mol. The first-order valence-electron chi connectivity index (χ1n) is 11.9. The lowest BCUT2D eigenvalue weighted by atomic mass is 9.85. The Morgan fingerprint density at radius 3 is 1.52 bits per heavy atom. The predicted octanol–water partition coefficient (Wildman–Crippen LogP) is 8.94. The van der Waals surface area contributed by atoms with Gasteiger partial charge >= 0.3 is 0 Å². The highest BCUT2D eigenvalue weighted by Gasteiger charge is 2.18. The third-order valence-corrected chi connectivity index (χ3v) is 5.96. The molecule has 0 amide bonds. The van der Waals surface area contributed by atoms with Crippen molar-refractivity contribution in [3.8, 4) is 22.3 Å². The fourth-order valence-corrected chi connectivity index (χ4v) is 3.77. The standard InChI is InChI=1S/C30H39N3/c1-20(2)19-32-33-28-26(22-11-15-24(16-12-22)30(6,7)8)18-17-25(27(28)31)21-9-13-23(14-10-21)29(3,4)5/h9-18,20H,19,31H2,1-8H3. The van der Waals surface area contributed by atoms with E-state index in [9.17, 15) is 0 Å². The molecule has 0 aliphatic rings. The Balaban J connectivity index is 2.09. The van der Waals surface area contributed by atoms with Gasteiger partial charge in [-0.3, -0.25) is 0 Å². The maximum Gasteiger partial charge on any atom is 0.117 e. The highest BCUT2D eigenvalue weighted by molar-refractivity contribution is 5.93. The lowest BCUT2D eigenvalue weighted by molar-refractivity contribution is 0.590. The van der Waals surface area contributed by atoms with Crippen molar-refractivity contribution in [2.24, 2.45) is 16.1 Å². The molecular formula is C30H39N3. The average Bonchev–Trinajstić information content (AvgIpc) is 2.73. The summed E-state index contributed by atoms with van der Waals surface area (Å²) in [6.07, 6.45) is 0. The van der Waals surface area contributed by atoms with Crippen LogP contribution in [0.5, 0.6) is 0 Å². The van der Waals surface area contributed by atoms with Gasteiger partial charge in [-0.25, -0.2) is 0 Å². The zero-order valence-electron chi connectivity index (χ0n) is 21.5. The molecule has 0 atom stereocenters.